The topological polar surface area (TPSA) is 119 Å². The Morgan fingerprint density at radius 3 is 2.76 bits per heavy atom. The quantitative estimate of drug-likeness (QED) is 0.711. The van der Waals surface area contributed by atoms with Crippen molar-refractivity contribution in [2.24, 2.45) is 0 Å². The number of carboxylic acids is 1. The van der Waals surface area contributed by atoms with Crippen LogP contribution in [-0.2, 0) is 9.53 Å². The largest absolute Gasteiger partial charge is 0.481 e. The van der Waals surface area contributed by atoms with E-state index in [9.17, 15) is 14.7 Å². The zero-order valence-electron chi connectivity index (χ0n) is 16.4. The van der Waals surface area contributed by atoms with Crippen molar-refractivity contribution in [3.05, 3.63) is 34.9 Å². The normalized spacial score (nSPS) is 17.1. The maximum Gasteiger partial charge on any atom is 0.305 e. The minimum Gasteiger partial charge on any atom is -0.481 e. The Hall–Kier alpha value is -3.20. The first-order valence-corrected chi connectivity index (χ1v) is 9.30. The molecular weight excluding hydrogens is 378 g/mol. The van der Waals surface area contributed by atoms with Gasteiger partial charge in [0.05, 0.1) is 48.0 Å². The number of pyridine rings is 1. The molecule has 1 unspecified atom stereocenters. The molecule has 4 heterocycles. The number of aliphatic carboxylic acids is 1. The van der Waals surface area contributed by atoms with Crippen molar-refractivity contribution in [2.75, 3.05) is 19.8 Å². The van der Waals surface area contributed by atoms with E-state index in [-0.39, 0.29) is 24.6 Å². The molecule has 1 aliphatic rings. The average Bonchev–Trinajstić information content (AvgIpc) is 3.22. The van der Waals surface area contributed by atoms with Gasteiger partial charge in [-0.05, 0) is 32.9 Å². The summed E-state index contributed by atoms with van der Waals surface area (Å²) in [6.45, 7) is 6.25. The van der Waals surface area contributed by atoms with Crippen LogP contribution in [0.1, 0.15) is 34.0 Å². The van der Waals surface area contributed by atoms with Crippen molar-refractivity contribution in [3.63, 3.8) is 0 Å². The number of aryl methyl sites for hydroxylation is 3. The highest BCUT2D eigenvalue weighted by Crippen LogP contribution is 2.31. The van der Waals surface area contributed by atoms with Crippen LogP contribution in [0.3, 0.4) is 0 Å². The SMILES string of the molecule is Cc1cc(-c2cc(C(=O)N3CCOCC3CC(=O)O)c3c(C)noc3n2)c(C)o1. The van der Waals surface area contributed by atoms with Gasteiger partial charge in [-0.2, -0.15) is 0 Å². The average molecular weight is 399 g/mol. The first-order chi connectivity index (χ1) is 13.8. The predicted molar refractivity (Wildman–Crippen MR) is 102 cm³/mol. The molecule has 4 rings (SSSR count). The summed E-state index contributed by atoms with van der Waals surface area (Å²) in [5.74, 6) is 0.136. The molecule has 3 aromatic rings. The lowest BCUT2D eigenvalue weighted by molar-refractivity contribution is -0.139. The summed E-state index contributed by atoms with van der Waals surface area (Å²) in [6, 6.07) is 3.00. The van der Waals surface area contributed by atoms with Crippen molar-refractivity contribution in [1.82, 2.24) is 15.0 Å². The van der Waals surface area contributed by atoms with Crippen molar-refractivity contribution < 1.29 is 28.4 Å². The Labute approximate surface area is 166 Å². The van der Waals surface area contributed by atoms with Gasteiger partial charge in [-0.25, -0.2) is 4.98 Å². The molecule has 0 radical (unpaired) electrons. The number of carbonyl (C=O) groups is 2. The van der Waals surface area contributed by atoms with Crippen LogP contribution in [-0.4, -0.2) is 57.8 Å². The highest BCUT2D eigenvalue weighted by atomic mass is 16.5. The van der Waals surface area contributed by atoms with E-state index in [0.717, 1.165) is 11.3 Å². The van der Waals surface area contributed by atoms with Crippen LogP contribution in [0.25, 0.3) is 22.4 Å². The fraction of sp³-hybridized carbons (Fsp3) is 0.400. The number of furan rings is 1. The van der Waals surface area contributed by atoms with E-state index in [0.29, 0.717) is 41.2 Å². The number of nitrogens with zero attached hydrogens (tertiary/aromatic N) is 3. The van der Waals surface area contributed by atoms with Gasteiger partial charge >= 0.3 is 5.97 Å². The van der Waals surface area contributed by atoms with E-state index < -0.39 is 12.0 Å². The van der Waals surface area contributed by atoms with E-state index in [1.54, 1.807) is 17.9 Å². The molecule has 1 saturated heterocycles. The Kier molecular flexibility index (Phi) is 4.83. The van der Waals surface area contributed by atoms with Crippen LogP contribution in [0.5, 0.6) is 0 Å². The second kappa shape index (κ2) is 7.32. The lowest BCUT2D eigenvalue weighted by atomic mass is 10.0. The summed E-state index contributed by atoms with van der Waals surface area (Å²) in [5, 5.41) is 13.7. The summed E-state index contributed by atoms with van der Waals surface area (Å²) in [5.41, 5.74) is 2.47. The number of carboxylic acid groups (broad SMARTS) is 1. The maximum absolute atomic E-state index is 13.5. The molecule has 0 aliphatic carbocycles. The molecule has 1 atom stereocenters. The monoisotopic (exact) mass is 399 g/mol. The van der Waals surface area contributed by atoms with Crippen molar-refractivity contribution in [1.29, 1.82) is 0 Å². The van der Waals surface area contributed by atoms with Gasteiger partial charge in [0.1, 0.15) is 11.5 Å². The van der Waals surface area contributed by atoms with E-state index in [1.165, 1.54) is 0 Å². The van der Waals surface area contributed by atoms with Crippen LogP contribution >= 0.6 is 0 Å². The Balaban J connectivity index is 1.83. The van der Waals surface area contributed by atoms with Crippen molar-refractivity contribution in [2.45, 2.75) is 33.2 Å². The number of morpholine rings is 1. The minimum atomic E-state index is -0.982. The third-order valence-corrected chi connectivity index (χ3v) is 5.06. The highest BCUT2D eigenvalue weighted by molar-refractivity contribution is 6.07. The number of aromatic nitrogens is 2. The smallest absolute Gasteiger partial charge is 0.305 e. The molecule has 1 aliphatic heterocycles. The predicted octanol–water partition coefficient (Wildman–Crippen LogP) is 2.72. The van der Waals surface area contributed by atoms with E-state index >= 15 is 0 Å². The summed E-state index contributed by atoms with van der Waals surface area (Å²) < 4.78 is 16.3. The lowest BCUT2D eigenvalue weighted by Gasteiger charge is -2.35. The minimum absolute atomic E-state index is 0.182. The van der Waals surface area contributed by atoms with E-state index in [2.05, 4.69) is 10.1 Å². The molecule has 0 bridgehead atoms. The molecule has 3 aromatic heterocycles. The standard InChI is InChI=1S/C20H21N3O6/c1-10-6-14(12(3)28-10)16-8-15(18-11(2)22-29-19(18)21-16)20(26)23-4-5-27-9-13(23)7-17(24)25/h6,8,13H,4-5,7,9H2,1-3H3,(H,24,25). The van der Waals surface area contributed by atoms with Crippen LogP contribution < -0.4 is 0 Å². The Morgan fingerprint density at radius 1 is 1.28 bits per heavy atom. The fourth-order valence-corrected chi connectivity index (χ4v) is 3.73. The summed E-state index contributed by atoms with van der Waals surface area (Å²) in [6.07, 6.45) is -0.185. The van der Waals surface area contributed by atoms with Gasteiger partial charge in [-0.15, -0.1) is 0 Å². The number of fused-ring (bicyclic) bond motifs is 1. The molecule has 9 nitrogen and oxygen atoms in total. The van der Waals surface area contributed by atoms with Gasteiger partial charge in [-0.1, -0.05) is 5.16 Å². The molecule has 1 N–H and O–H groups in total. The zero-order valence-corrected chi connectivity index (χ0v) is 16.4. The summed E-state index contributed by atoms with van der Waals surface area (Å²) in [4.78, 5) is 30.8. The van der Waals surface area contributed by atoms with Crippen LogP contribution in [0.2, 0.25) is 0 Å². The van der Waals surface area contributed by atoms with Crippen LogP contribution in [0, 0.1) is 20.8 Å². The number of hydrogen-bond donors (Lipinski definition) is 1. The summed E-state index contributed by atoms with van der Waals surface area (Å²) in [7, 11) is 0. The molecule has 152 valence electrons. The van der Waals surface area contributed by atoms with Crippen LogP contribution in [0.15, 0.2) is 21.1 Å². The van der Waals surface area contributed by atoms with Gasteiger partial charge in [0.2, 0.25) is 0 Å². The van der Waals surface area contributed by atoms with Gasteiger partial charge < -0.3 is 23.7 Å². The molecule has 1 fully saturated rings. The number of carbonyl (C=O) groups excluding carboxylic acids is 1. The van der Waals surface area contributed by atoms with Gasteiger partial charge in [0.25, 0.3) is 11.6 Å². The highest BCUT2D eigenvalue weighted by Gasteiger charge is 2.32. The summed E-state index contributed by atoms with van der Waals surface area (Å²) >= 11 is 0. The second-order valence-electron chi connectivity index (χ2n) is 7.16. The maximum atomic E-state index is 13.5. The molecule has 29 heavy (non-hydrogen) atoms. The van der Waals surface area contributed by atoms with E-state index in [4.69, 9.17) is 13.7 Å². The zero-order chi connectivity index (χ0) is 20.7. The number of rotatable bonds is 4. The first kappa shape index (κ1) is 19.1. The second-order valence-corrected chi connectivity index (χ2v) is 7.16. The number of hydrogen-bond acceptors (Lipinski definition) is 7. The molecular formula is C20H21N3O6. The van der Waals surface area contributed by atoms with Crippen molar-refractivity contribution >= 4 is 23.0 Å². The van der Waals surface area contributed by atoms with Gasteiger partial charge in [0, 0.05) is 12.1 Å². The molecule has 1 amide bonds. The third kappa shape index (κ3) is 3.49. The molecule has 0 spiro atoms. The molecule has 0 aromatic carbocycles. The van der Waals surface area contributed by atoms with Crippen LogP contribution in [0.4, 0.5) is 0 Å². The van der Waals surface area contributed by atoms with Gasteiger partial charge in [0.15, 0.2) is 0 Å². The fourth-order valence-electron chi connectivity index (χ4n) is 3.73. The molecule has 0 saturated carbocycles. The Bertz CT molecular complexity index is 1100. The number of ether oxygens (including phenoxy) is 1. The number of amides is 1. The van der Waals surface area contributed by atoms with E-state index in [1.807, 2.05) is 19.9 Å². The third-order valence-electron chi connectivity index (χ3n) is 5.06. The lowest BCUT2D eigenvalue weighted by Crippen LogP contribution is -2.49. The van der Waals surface area contributed by atoms with Crippen molar-refractivity contribution in [3.8, 4) is 11.3 Å². The van der Waals surface area contributed by atoms with Gasteiger partial charge in [-0.3, -0.25) is 9.59 Å². The molecule has 9 heteroatoms. The Morgan fingerprint density at radius 2 is 2.07 bits per heavy atom. The first-order valence-electron chi connectivity index (χ1n) is 9.30.